The quantitative estimate of drug-likeness (QED) is 0.489. The van der Waals surface area contributed by atoms with E-state index in [0.29, 0.717) is 35.9 Å². The third kappa shape index (κ3) is 5.16. The van der Waals surface area contributed by atoms with E-state index in [2.05, 4.69) is 26.7 Å². The average molecular weight is 467 g/mol. The molecule has 34 heavy (non-hydrogen) atoms. The highest BCUT2D eigenvalue weighted by Gasteiger charge is 2.27. The number of fused-ring (bicyclic) bond motifs is 1. The van der Waals surface area contributed by atoms with Crippen molar-refractivity contribution in [3.8, 4) is 11.9 Å². The highest BCUT2D eigenvalue weighted by molar-refractivity contribution is 5.99. The summed E-state index contributed by atoms with van der Waals surface area (Å²) in [5, 5.41) is 25.7. The van der Waals surface area contributed by atoms with E-state index in [1.54, 1.807) is 22.9 Å². The third-order valence-corrected chi connectivity index (χ3v) is 5.83. The molecule has 4 rings (SSSR count). The number of nitrogens with zero attached hydrogens (tertiary/aromatic N) is 4. The molecule has 1 atom stereocenters. The standard InChI is InChI=1S/C24H27FN6O3/c1-24(2,33)20(25)14-29-23(32)18-13-27-21(10-19(18)30-17-4-7-34-8-5-17)31-6-3-16-9-15(11-26)12-28-22(16)31/h3,6,9-10,12-13,17,20,33H,4-5,7-8,14H2,1-2H3,(H,27,30)(H,29,32)/t20-/m1/s1. The number of anilines is 1. The largest absolute Gasteiger partial charge is 0.387 e. The first-order chi connectivity index (χ1) is 16.3. The number of carbonyl (C=O) groups is 1. The van der Waals surface area contributed by atoms with Crippen molar-refractivity contribution in [2.75, 3.05) is 25.1 Å². The third-order valence-electron chi connectivity index (χ3n) is 5.83. The highest BCUT2D eigenvalue weighted by atomic mass is 19.1. The Kier molecular flexibility index (Phi) is 6.77. The summed E-state index contributed by atoms with van der Waals surface area (Å²) >= 11 is 0. The second kappa shape index (κ2) is 9.75. The van der Waals surface area contributed by atoms with E-state index < -0.39 is 17.7 Å². The second-order valence-electron chi connectivity index (χ2n) is 8.88. The molecule has 0 radical (unpaired) electrons. The minimum absolute atomic E-state index is 0.110. The number of halogens is 1. The maximum atomic E-state index is 14.2. The molecule has 0 aliphatic carbocycles. The van der Waals surface area contributed by atoms with Crippen molar-refractivity contribution >= 4 is 22.6 Å². The zero-order valence-corrected chi connectivity index (χ0v) is 19.1. The highest BCUT2D eigenvalue weighted by Crippen LogP contribution is 2.25. The molecular weight excluding hydrogens is 439 g/mol. The minimum Gasteiger partial charge on any atom is -0.387 e. The fourth-order valence-corrected chi connectivity index (χ4v) is 3.74. The van der Waals surface area contributed by atoms with Crippen LogP contribution in [0, 0.1) is 11.3 Å². The van der Waals surface area contributed by atoms with E-state index >= 15 is 0 Å². The molecule has 0 spiro atoms. The molecule has 1 fully saturated rings. The van der Waals surface area contributed by atoms with Crippen LogP contribution in [0.25, 0.3) is 16.9 Å². The van der Waals surface area contributed by atoms with E-state index in [0.717, 1.165) is 18.2 Å². The predicted molar refractivity (Wildman–Crippen MR) is 125 cm³/mol. The van der Waals surface area contributed by atoms with Crippen molar-refractivity contribution in [1.29, 1.82) is 5.26 Å². The number of carbonyl (C=O) groups excluding carboxylic acids is 1. The summed E-state index contributed by atoms with van der Waals surface area (Å²) in [6.45, 7) is 3.63. The van der Waals surface area contributed by atoms with Crippen molar-refractivity contribution in [2.24, 2.45) is 0 Å². The number of hydrogen-bond donors (Lipinski definition) is 3. The molecule has 1 aliphatic rings. The summed E-state index contributed by atoms with van der Waals surface area (Å²) in [6, 6.07) is 7.53. The molecule has 0 bridgehead atoms. The number of amides is 1. The molecule has 1 amide bonds. The summed E-state index contributed by atoms with van der Waals surface area (Å²) < 4.78 is 21.4. The number of ether oxygens (including phenoxy) is 1. The Hall–Kier alpha value is -3.55. The van der Waals surface area contributed by atoms with E-state index in [1.807, 2.05) is 6.07 Å². The van der Waals surface area contributed by atoms with Crippen LogP contribution in [0.1, 0.15) is 42.6 Å². The summed E-state index contributed by atoms with van der Waals surface area (Å²) in [6.07, 6.45) is 4.70. The lowest BCUT2D eigenvalue weighted by Gasteiger charge is -2.26. The first-order valence-electron chi connectivity index (χ1n) is 11.1. The molecule has 0 saturated carbocycles. The Bertz CT molecular complexity index is 1220. The van der Waals surface area contributed by atoms with Crippen LogP contribution in [0.4, 0.5) is 10.1 Å². The van der Waals surface area contributed by atoms with Gasteiger partial charge in [0, 0.05) is 49.3 Å². The zero-order valence-electron chi connectivity index (χ0n) is 19.1. The van der Waals surface area contributed by atoms with E-state index in [4.69, 9.17) is 10.00 Å². The number of alkyl halides is 1. The number of aliphatic hydroxyl groups is 1. The van der Waals surface area contributed by atoms with E-state index in [-0.39, 0.29) is 18.2 Å². The average Bonchev–Trinajstić information content (AvgIpc) is 3.25. The van der Waals surface area contributed by atoms with Crippen LogP contribution in [0.5, 0.6) is 0 Å². The molecule has 10 heteroatoms. The van der Waals surface area contributed by atoms with Crippen LogP contribution in [-0.2, 0) is 4.74 Å². The van der Waals surface area contributed by atoms with Gasteiger partial charge in [0.25, 0.3) is 5.91 Å². The molecule has 0 aromatic carbocycles. The van der Waals surface area contributed by atoms with Gasteiger partial charge in [-0.05, 0) is 38.8 Å². The van der Waals surface area contributed by atoms with Crippen molar-refractivity contribution < 1.29 is 19.0 Å². The first kappa shape index (κ1) is 23.6. The van der Waals surface area contributed by atoms with Gasteiger partial charge in [-0.3, -0.25) is 9.36 Å². The Morgan fingerprint density at radius 2 is 2.12 bits per heavy atom. The number of hydrogen-bond acceptors (Lipinski definition) is 7. The second-order valence-corrected chi connectivity index (χ2v) is 8.88. The van der Waals surface area contributed by atoms with Crippen LogP contribution in [0.15, 0.2) is 36.8 Å². The van der Waals surface area contributed by atoms with Gasteiger partial charge < -0.3 is 20.5 Å². The number of pyridine rings is 2. The van der Waals surface area contributed by atoms with Crippen molar-refractivity contribution in [3.63, 3.8) is 0 Å². The normalized spacial score (nSPS) is 15.6. The molecule has 9 nitrogen and oxygen atoms in total. The Morgan fingerprint density at radius 1 is 1.35 bits per heavy atom. The SMILES string of the molecule is CC(C)(O)[C@H](F)CNC(=O)c1cnc(-n2ccc3cc(C#N)cnc32)cc1NC1CCOCC1. The lowest BCUT2D eigenvalue weighted by molar-refractivity contribution is -0.00177. The molecular formula is C24H27FN6O3. The maximum Gasteiger partial charge on any atom is 0.255 e. The maximum absolute atomic E-state index is 14.2. The first-order valence-corrected chi connectivity index (χ1v) is 11.1. The summed E-state index contributed by atoms with van der Waals surface area (Å²) in [5.74, 6) is 0.0489. The smallest absolute Gasteiger partial charge is 0.255 e. The van der Waals surface area contributed by atoms with Crippen LogP contribution in [-0.4, -0.2) is 63.1 Å². The minimum atomic E-state index is -1.62. The predicted octanol–water partition coefficient (Wildman–Crippen LogP) is 2.72. The molecule has 1 saturated heterocycles. The monoisotopic (exact) mass is 466 g/mol. The topological polar surface area (TPSA) is 125 Å². The van der Waals surface area contributed by atoms with Gasteiger partial charge in [0.2, 0.25) is 0 Å². The summed E-state index contributed by atoms with van der Waals surface area (Å²) in [7, 11) is 0. The van der Waals surface area contributed by atoms with Gasteiger partial charge in [0.05, 0.1) is 29.0 Å². The van der Waals surface area contributed by atoms with Crippen LogP contribution >= 0.6 is 0 Å². The fourth-order valence-electron chi connectivity index (χ4n) is 3.74. The van der Waals surface area contributed by atoms with Crippen LogP contribution in [0.2, 0.25) is 0 Å². The van der Waals surface area contributed by atoms with Gasteiger partial charge in [0.15, 0.2) is 0 Å². The van der Waals surface area contributed by atoms with Gasteiger partial charge in [0.1, 0.15) is 23.7 Å². The summed E-state index contributed by atoms with van der Waals surface area (Å²) in [4.78, 5) is 21.7. The van der Waals surface area contributed by atoms with Crippen molar-refractivity contribution in [2.45, 2.75) is 44.5 Å². The number of rotatable bonds is 7. The van der Waals surface area contributed by atoms with Gasteiger partial charge in [-0.15, -0.1) is 0 Å². The Balaban J connectivity index is 1.65. The van der Waals surface area contributed by atoms with Crippen molar-refractivity contribution in [1.82, 2.24) is 19.9 Å². The number of nitrogens with one attached hydrogen (secondary N) is 2. The lowest BCUT2D eigenvalue weighted by Crippen LogP contribution is -2.42. The number of nitriles is 1. The van der Waals surface area contributed by atoms with Gasteiger partial charge in [-0.1, -0.05) is 0 Å². The number of aromatic nitrogens is 3. The van der Waals surface area contributed by atoms with E-state index in [1.165, 1.54) is 26.2 Å². The summed E-state index contributed by atoms with van der Waals surface area (Å²) in [5.41, 5.74) is 0.361. The van der Waals surface area contributed by atoms with Crippen molar-refractivity contribution in [3.05, 3.63) is 47.9 Å². The van der Waals surface area contributed by atoms with Gasteiger partial charge in [-0.25, -0.2) is 14.4 Å². The molecule has 1 aliphatic heterocycles. The Labute approximate surface area is 196 Å². The molecule has 3 aromatic heterocycles. The molecule has 178 valence electrons. The molecule has 3 N–H and O–H groups in total. The molecule has 0 unspecified atom stereocenters. The molecule has 4 heterocycles. The van der Waals surface area contributed by atoms with Crippen LogP contribution in [0.3, 0.4) is 0 Å². The van der Waals surface area contributed by atoms with E-state index in [9.17, 15) is 14.3 Å². The Morgan fingerprint density at radius 3 is 2.82 bits per heavy atom. The lowest BCUT2D eigenvalue weighted by atomic mass is 10.0. The van der Waals surface area contributed by atoms with Gasteiger partial charge in [-0.2, -0.15) is 5.26 Å². The van der Waals surface area contributed by atoms with Crippen LogP contribution < -0.4 is 10.6 Å². The fraction of sp³-hybridized carbons (Fsp3) is 0.417. The zero-order chi connectivity index (χ0) is 24.3. The van der Waals surface area contributed by atoms with Gasteiger partial charge >= 0.3 is 0 Å². The molecule has 3 aromatic rings.